The van der Waals surface area contributed by atoms with Gasteiger partial charge in [-0.2, -0.15) is 0 Å². The maximum Gasteiger partial charge on any atom is 0.118 e. The van der Waals surface area contributed by atoms with Crippen LogP contribution in [0, 0.1) is 0 Å². The highest BCUT2D eigenvalue weighted by molar-refractivity contribution is 5.31. The third kappa shape index (κ3) is 10.9. The molecule has 1 aromatic rings. The predicted molar refractivity (Wildman–Crippen MR) is 89.4 cm³/mol. The Hall–Kier alpha value is -1.02. The molecule has 0 fully saturated rings. The fourth-order valence-corrected chi connectivity index (χ4v) is 2.07. The van der Waals surface area contributed by atoms with Crippen LogP contribution in [0.15, 0.2) is 24.3 Å². The molecule has 0 aliphatic heterocycles. The molecule has 0 unspecified atom stereocenters. The highest BCUT2D eigenvalue weighted by Gasteiger charge is 1.98. The van der Waals surface area contributed by atoms with Crippen molar-refractivity contribution in [1.29, 1.82) is 0 Å². The molecule has 0 radical (unpaired) electrons. The van der Waals surface area contributed by atoms with Gasteiger partial charge in [0.2, 0.25) is 0 Å². The lowest BCUT2D eigenvalue weighted by Crippen LogP contribution is -2.09. The third-order valence-corrected chi connectivity index (χ3v) is 3.29. The van der Waals surface area contributed by atoms with Gasteiger partial charge in [-0.3, -0.25) is 0 Å². The van der Waals surface area contributed by atoms with Crippen LogP contribution in [0.1, 0.15) is 64.9 Å². The summed E-state index contributed by atoms with van der Waals surface area (Å²) in [5, 5.41) is 12.7. The van der Waals surface area contributed by atoms with Gasteiger partial charge in [-0.15, -0.1) is 0 Å². The van der Waals surface area contributed by atoms with E-state index in [-0.39, 0.29) is 0 Å². The fraction of sp³-hybridized carbons (Fsp3) is 0.667. The monoisotopic (exact) mass is 279 g/mol. The number of rotatable bonds is 9. The van der Waals surface area contributed by atoms with Crippen LogP contribution < -0.4 is 5.32 Å². The van der Waals surface area contributed by atoms with E-state index in [9.17, 15) is 5.11 Å². The number of phenolic OH excluding ortho intramolecular Hbond substituents is 1. The second-order valence-electron chi connectivity index (χ2n) is 5.10. The Morgan fingerprint density at radius 2 is 1.45 bits per heavy atom. The Morgan fingerprint density at radius 3 is 2.00 bits per heavy atom. The number of para-hydroxylation sites is 1. The number of unbranched alkanes of at least 4 members (excludes halogenated alkanes) is 5. The molecule has 0 spiro atoms. The molecule has 0 bridgehead atoms. The van der Waals surface area contributed by atoms with E-state index in [2.05, 4.69) is 26.1 Å². The highest BCUT2D eigenvalue weighted by Crippen LogP contribution is 2.18. The van der Waals surface area contributed by atoms with Crippen molar-refractivity contribution in [2.75, 3.05) is 13.1 Å². The van der Waals surface area contributed by atoms with Gasteiger partial charge in [0.1, 0.15) is 5.75 Å². The van der Waals surface area contributed by atoms with E-state index < -0.39 is 0 Å². The average molecular weight is 279 g/mol. The molecule has 0 saturated heterocycles. The van der Waals surface area contributed by atoms with E-state index in [0.717, 1.165) is 25.1 Å². The largest absolute Gasteiger partial charge is 0.508 e. The third-order valence-electron chi connectivity index (χ3n) is 3.29. The first-order valence-electron chi connectivity index (χ1n) is 8.23. The van der Waals surface area contributed by atoms with Crippen LogP contribution in [0.2, 0.25) is 0 Å². The molecule has 0 aromatic heterocycles. The predicted octanol–water partition coefficient (Wildman–Crippen LogP) is 4.91. The summed E-state index contributed by atoms with van der Waals surface area (Å²) < 4.78 is 0. The van der Waals surface area contributed by atoms with Crippen LogP contribution in [-0.2, 0) is 6.42 Å². The second kappa shape index (κ2) is 14.4. The second-order valence-corrected chi connectivity index (χ2v) is 5.10. The zero-order valence-corrected chi connectivity index (χ0v) is 13.6. The number of aryl methyl sites for hydroxylation is 1. The Balaban J connectivity index is 0.000000621. The molecule has 0 aliphatic rings. The van der Waals surface area contributed by atoms with Crippen molar-refractivity contribution in [1.82, 2.24) is 5.32 Å². The first-order chi connectivity index (χ1) is 9.76. The van der Waals surface area contributed by atoms with E-state index in [1.807, 2.05) is 18.2 Å². The molecule has 1 rings (SSSR count). The number of hydrogen-bond acceptors (Lipinski definition) is 2. The number of benzene rings is 1. The van der Waals surface area contributed by atoms with Gasteiger partial charge in [-0.25, -0.2) is 0 Å². The van der Waals surface area contributed by atoms with E-state index in [1.165, 1.54) is 38.5 Å². The van der Waals surface area contributed by atoms with Gasteiger partial charge in [0.05, 0.1) is 0 Å². The van der Waals surface area contributed by atoms with Crippen LogP contribution >= 0.6 is 0 Å². The lowest BCUT2D eigenvalue weighted by atomic mass is 10.0. The smallest absolute Gasteiger partial charge is 0.118 e. The molecular formula is C18H33NO. The Kier molecular flexibility index (Phi) is 13.7. The molecule has 2 nitrogen and oxygen atoms in total. The molecule has 0 aliphatic carbocycles. The van der Waals surface area contributed by atoms with Gasteiger partial charge in [0.15, 0.2) is 0 Å². The summed E-state index contributed by atoms with van der Waals surface area (Å²) in [5.41, 5.74) is 1.09. The molecule has 2 heteroatoms. The summed E-state index contributed by atoms with van der Waals surface area (Å²) in [6.45, 7) is 8.63. The molecule has 0 heterocycles. The van der Waals surface area contributed by atoms with Gasteiger partial charge in [-0.05, 0) is 37.6 Å². The quantitative estimate of drug-likeness (QED) is 0.629. The Labute approximate surface area is 125 Å². The summed E-state index contributed by atoms with van der Waals surface area (Å²) >= 11 is 0. The maximum atomic E-state index is 9.55. The summed E-state index contributed by atoms with van der Waals surface area (Å²) in [7, 11) is 0. The van der Waals surface area contributed by atoms with Gasteiger partial charge < -0.3 is 10.4 Å². The summed E-state index contributed by atoms with van der Waals surface area (Å²) in [6.07, 6.45) is 8.85. The molecule has 2 N–H and O–H groups in total. The highest BCUT2D eigenvalue weighted by atomic mass is 16.3. The lowest BCUT2D eigenvalue weighted by Gasteiger charge is -2.03. The molecule has 116 valence electrons. The van der Waals surface area contributed by atoms with Crippen LogP contribution in [0.5, 0.6) is 5.75 Å². The molecule has 1 aromatic carbocycles. The van der Waals surface area contributed by atoms with Crippen molar-refractivity contribution >= 4 is 0 Å². The van der Waals surface area contributed by atoms with Crippen LogP contribution in [-0.4, -0.2) is 18.2 Å². The standard InChI is InChI=1S/C14H22O.C4H11N/c1-2-3-4-5-6-7-10-13-11-8-9-12-14(13)15;1-3-5-4-2/h8-9,11-12,15H,2-7,10H2,1H3;5H,3-4H2,1-2H3. The van der Waals surface area contributed by atoms with Crippen molar-refractivity contribution in [3.05, 3.63) is 29.8 Å². The van der Waals surface area contributed by atoms with E-state index in [4.69, 9.17) is 0 Å². The summed E-state index contributed by atoms with van der Waals surface area (Å²) in [4.78, 5) is 0. The molecular weight excluding hydrogens is 246 g/mol. The van der Waals surface area contributed by atoms with Crippen LogP contribution in [0.4, 0.5) is 0 Å². The molecule has 0 saturated carbocycles. The van der Waals surface area contributed by atoms with Crippen LogP contribution in [0.25, 0.3) is 0 Å². The van der Waals surface area contributed by atoms with Gasteiger partial charge in [0.25, 0.3) is 0 Å². The van der Waals surface area contributed by atoms with Crippen molar-refractivity contribution in [2.45, 2.75) is 65.7 Å². The maximum absolute atomic E-state index is 9.55. The molecule has 20 heavy (non-hydrogen) atoms. The minimum atomic E-state index is 0.450. The zero-order valence-electron chi connectivity index (χ0n) is 13.6. The average Bonchev–Trinajstić information content (AvgIpc) is 2.46. The number of aromatic hydroxyl groups is 1. The first kappa shape index (κ1) is 19.0. The van der Waals surface area contributed by atoms with E-state index >= 15 is 0 Å². The van der Waals surface area contributed by atoms with Crippen molar-refractivity contribution < 1.29 is 5.11 Å². The number of nitrogens with one attached hydrogen (secondary N) is 1. The molecule has 0 atom stereocenters. The van der Waals surface area contributed by atoms with Crippen LogP contribution in [0.3, 0.4) is 0 Å². The topological polar surface area (TPSA) is 32.3 Å². The first-order valence-corrected chi connectivity index (χ1v) is 8.23. The van der Waals surface area contributed by atoms with Crippen molar-refractivity contribution in [3.8, 4) is 5.75 Å². The SMILES string of the molecule is CCCCCCCCc1ccccc1O.CCNCC. The number of phenols is 1. The normalized spacial score (nSPS) is 9.95. The summed E-state index contributed by atoms with van der Waals surface area (Å²) in [5.74, 6) is 0.450. The van der Waals surface area contributed by atoms with E-state index in [1.54, 1.807) is 6.07 Å². The molecule has 0 amide bonds. The van der Waals surface area contributed by atoms with Gasteiger partial charge in [0, 0.05) is 0 Å². The minimum Gasteiger partial charge on any atom is -0.508 e. The Bertz CT molecular complexity index is 310. The zero-order chi connectivity index (χ0) is 15.1. The van der Waals surface area contributed by atoms with Crippen molar-refractivity contribution in [2.24, 2.45) is 0 Å². The van der Waals surface area contributed by atoms with Gasteiger partial charge >= 0.3 is 0 Å². The lowest BCUT2D eigenvalue weighted by molar-refractivity contribution is 0.466. The van der Waals surface area contributed by atoms with E-state index in [0.29, 0.717) is 5.75 Å². The number of hydrogen-bond donors (Lipinski definition) is 2. The Morgan fingerprint density at radius 1 is 0.850 bits per heavy atom. The summed E-state index contributed by atoms with van der Waals surface area (Å²) in [6, 6.07) is 7.65. The van der Waals surface area contributed by atoms with Crippen molar-refractivity contribution in [3.63, 3.8) is 0 Å². The van der Waals surface area contributed by atoms with Gasteiger partial charge in [-0.1, -0.05) is 71.1 Å². The fourth-order valence-electron chi connectivity index (χ4n) is 2.07. The minimum absolute atomic E-state index is 0.450.